The first-order valence-electron chi connectivity index (χ1n) is 7.39. The Morgan fingerprint density at radius 3 is 2.50 bits per heavy atom. The van der Waals surface area contributed by atoms with Gasteiger partial charge in [0.25, 0.3) is 0 Å². The fraction of sp³-hybridized carbons (Fsp3) is 0.375. The molecule has 1 heterocycles. The van der Waals surface area contributed by atoms with Gasteiger partial charge in [0.2, 0.25) is 5.91 Å². The van der Waals surface area contributed by atoms with Gasteiger partial charge in [-0.3, -0.25) is 4.79 Å². The minimum Gasteiger partial charge on any atom is -0.372 e. The monoisotopic (exact) mass is 318 g/mol. The maximum Gasteiger partial charge on any atom is 0.234 e. The van der Waals surface area contributed by atoms with E-state index in [1.807, 2.05) is 42.1 Å². The summed E-state index contributed by atoms with van der Waals surface area (Å²) in [5, 5.41) is 3.75. The van der Waals surface area contributed by atoms with Crippen molar-refractivity contribution in [3.05, 3.63) is 36.7 Å². The molecule has 22 heavy (non-hydrogen) atoms. The summed E-state index contributed by atoms with van der Waals surface area (Å²) in [4.78, 5) is 18.4. The number of imidazole rings is 1. The van der Waals surface area contributed by atoms with Crippen molar-refractivity contribution < 1.29 is 4.79 Å². The molecule has 0 spiro atoms. The third kappa shape index (κ3) is 4.27. The second kappa shape index (κ2) is 7.89. The molecule has 1 aromatic heterocycles. The summed E-state index contributed by atoms with van der Waals surface area (Å²) in [5.74, 6) is 0.325. The van der Waals surface area contributed by atoms with Crippen LogP contribution in [0.15, 0.2) is 41.8 Å². The summed E-state index contributed by atoms with van der Waals surface area (Å²) < 4.78 is 1.90. The van der Waals surface area contributed by atoms with Crippen LogP contribution >= 0.6 is 11.8 Å². The summed E-state index contributed by atoms with van der Waals surface area (Å²) in [6.45, 7) is 6.22. The molecular formula is C16H22N4OS. The summed E-state index contributed by atoms with van der Waals surface area (Å²) in [6, 6.07) is 7.96. The highest BCUT2D eigenvalue weighted by molar-refractivity contribution is 7.99. The molecule has 0 bridgehead atoms. The standard InChI is InChI=1S/C16H22N4OS/c1-4-20(5-2)14-8-6-13(7-9-14)18-15(21)12-22-16-17-10-11-19(16)3/h6-11H,4-5,12H2,1-3H3,(H,18,21). The number of hydrogen-bond acceptors (Lipinski definition) is 4. The molecule has 0 atom stereocenters. The van der Waals surface area contributed by atoms with Gasteiger partial charge < -0.3 is 14.8 Å². The third-order valence-corrected chi connectivity index (χ3v) is 4.45. The number of nitrogens with one attached hydrogen (secondary N) is 1. The van der Waals surface area contributed by atoms with E-state index in [4.69, 9.17) is 0 Å². The summed E-state index contributed by atoms with van der Waals surface area (Å²) in [7, 11) is 1.92. The van der Waals surface area contributed by atoms with Crippen LogP contribution in [0.1, 0.15) is 13.8 Å². The fourth-order valence-corrected chi connectivity index (χ4v) is 2.89. The van der Waals surface area contributed by atoms with Crippen molar-refractivity contribution in [3.8, 4) is 0 Å². The molecule has 5 nitrogen and oxygen atoms in total. The number of nitrogens with zero attached hydrogens (tertiary/aromatic N) is 3. The van der Waals surface area contributed by atoms with E-state index in [0.29, 0.717) is 5.75 Å². The highest BCUT2D eigenvalue weighted by atomic mass is 32.2. The number of amides is 1. The molecule has 0 aliphatic heterocycles. The van der Waals surface area contributed by atoms with Gasteiger partial charge in [0.05, 0.1) is 5.75 Å². The average Bonchev–Trinajstić information content (AvgIpc) is 2.93. The molecule has 2 aromatic rings. The van der Waals surface area contributed by atoms with Crippen molar-refractivity contribution >= 4 is 29.0 Å². The number of benzene rings is 1. The van der Waals surface area contributed by atoms with Crippen LogP contribution in [0, 0.1) is 0 Å². The van der Waals surface area contributed by atoms with Gasteiger partial charge in [-0.1, -0.05) is 11.8 Å². The molecule has 0 fully saturated rings. The van der Waals surface area contributed by atoms with Crippen molar-refractivity contribution in [1.29, 1.82) is 0 Å². The lowest BCUT2D eigenvalue weighted by atomic mass is 10.2. The molecule has 0 saturated heterocycles. The fourth-order valence-electron chi connectivity index (χ4n) is 2.16. The van der Waals surface area contributed by atoms with E-state index in [1.165, 1.54) is 17.4 Å². The van der Waals surface area contributed by atoms with E-state index in [-0.39, 0.29) is 5.91 Å². The van der Waals surface area contributed by atoms with E-state index in [0.717, 1.165) is 23.9 Å². The van der Waals surface area contributed by atoms with Crippen molar-refractivity contribution in [3.63, 3.8) is 0 Å². The predicted molar refractivity (Wildman–Crippen MR) is 92.6 cm³/mol. The lowest BCUT2D eigenvalue weighted by Crippen LogP contribution is -2.21. The van der Waals surface area contributed by atoms with Crippen LogP contribution in [0.4, 0.5) is 11.4 Å². The second-order valence-electron chi connectivity index (χ2n) is 4.88. The molecule has 0 radical (unpaired) electrons. The van der Waals surface area contributed by atoms with Crippen LogP contribution in [-0.4, -0.2) is 34.3 Å². The Kier molecular flexibility index (Phi) is 5.89. The highest BCUT2D eigenvalue weighted by Gasteiger charge is 2.07. The number of anilines is 2. The SMILES string of the molecule is CCN(CC)c1ccc(NC(=O)CSc2nccn2C)cc1. The Balaban J connectivity index is 1.87. The smallest absolute Gasteiger partial charge is 0.234 e. The van der Waals surface area contributed by atoms with E-state index < -0.39 is 0 Å². The Bertz CT molecular complexity index is 605. The normalized spacial score (nSPS) is 10.5. The molecule has 6 heteroatoms. The van der Waals surface area contributed by atoms with Gasteiger partial charge in [-0.05, 0) is 38.1 Å². The molecule has 1 aromatic carbocycles. The van der Waals surface area contributed by atoms with Gasteiger partial charge in [-0.2, -0.15) is 0 Å². The van der Waals surface area contributed by atoms with E-state index >= 15 is 0 Å². The lowest BCUT2D eigenvalue weighted by Gasteiger charge is -2.21. The minimum atomic E-state index is -0.0245. The van der Waals surface area contributed by atoms with Crippen LogP contribution in [0.2, 0.25) is 0 Å². The van der Waals surface area contributed by atoms with E-state index in [9.17, 15) is 4.79 Å². The Labute approximate surface area is 135 Å². The van der Waals surface area contributed by atoms with Gasteiger partial charge in [0.1, 0.15) is 0 Å². The predicted octanol–water partition coefficient (Wildman–Crippen LogP) is 3.00. The molecule has 1 N–H and O–H groups in total. The van der Waals surface area contributed by atoms with Crippen LogP contribution < -0.4 is 10.2 Å². The molecule has 2 rings (SSSR count). The summed E-state index contributed by atoms with van der Waals surface area (Å²) in [6.07, 6.45) is 3.60. The van der Waals surface area contributed by atoms with Gasteiger partial charge >= 0.3 is 0 Å². The maximum atomic E-state index is 12.0. The van der Waals surface area contributed by atoms with Gasteiger partial charge in [-0.25, -0.2) is 4.98 Å². The van der Waals surface area contributed by atoms with Crippen LogP contribution in [0.25, 0.3) is 0 Å². The first-order chi connectivity index (χ1) is 10.6. The molecule has 0 unspecified atom stereocenters. The van der Waals surface area contributed by atoms with Crippen molar-refractivity contribution in [1.82, 2.24) is 9.55 Å². The number of carbonyl (C=O) groups is 1. The Morgan fingerprint density at radius 1 is 1.27 bits per heavy atom. The van der Waals surface area contributed by atoms with Crippen LogP contribution in [0.3, 0.4) is 0 Å². The number of thioether (sulfide) groups is 1. The van der Waals surface area contributed by atoms with Gasteiger partial charge in [0, 0.05) is 43.9 Å². The number of hydrogen-bond donors (Lipinski definition) is 1. The second-order valence-corrected chi connectivity index (χ2v) is 5.82. The Hall–Kier alpha value is -1.95. The number of aryl methyl sites for hydroxylation is 1. The van der Waals surface area contributed by atoms with Gasteiger partial charge in [-0.15, -0.1) is 0 Å². The quantitative estimate of drug-likeness (QED) is 0.797. The van der Waals surface area contributed by atoms with Crippen molar-refractivity contribution in [2.45, 2.75) is 19.0 Å². The van der Waals surface area contributed by atoms with Crippen molar-refractivity contribution in [2.75, 3.05) is 29.1 Å². The molecule has 118 valence electrons. The molecule has 0 aliphatic rings. The summed E-state index contributed by atoms with van der Waals surface area (Å²) in [5.41, 5.74) is 1.99. The molecule has 0 aliphatic carbocycles. The van der Waals surface area contributed by atoms with Crippen molar-refractivity contribution in [2.24, 2.45) is 7.05 Å². The molecular weight excluding hydrogens is 296 g/mol. The molecule has 1 amide bonds. The largest absolute Gasteiger partial charge is 0.372 e. The number of aromatic nitrogens is 2. The van der Waals surface area contributed by atoms with E-state index in [1.54, 1.807) is 6.20 Å². The van der Waals surface area contributed by atoms with Crippen LogP contribution in [-0.2, 0) is 11.8 Å². The minimum absolute atomic E-state index is 0.0245. The zero-order chi connectivity index (χ0) is 15.9. The third-order valence-electron chi connectivity index (χ3n) is 3.39. The Morgan fingerprint density at radius 2 is 1.95 bits per heavy atom. The first kappa shape index (κ1) is 16.4. The highest BCUT2D eigenvalue weighted by Crippen LogP contribution is 2.19. The first-order valence-corrected chi connectivity index (χ1v) is 8.37. The molecule has 0 saturated carbocycles. The maximum absolute atomic E-state index is 12.0. The number of carbonyl (C=O) groups excluding carboxylic acids is 1. The lowest BCUT2D eigenvalue weighted by molar-refractivity contribution is -0.113. The average molecular weight is 318 g/mol. The topological polar surface area (TPSA) is 50.2 Å². The van der Waals surface area contributed by atoms with E-state index in [2.05, 4.69) is 29.0 Å². The number of rotatable bonds is 7. The summed E-state index contributed by atoms with van der Waals surface area (Å²) >= 11 is 1.43. The van der Waals surface area contributed by atoms with Gasteiger partial charge in [0.15, 0.2) is 5.16 Å². The zero-order valence-corrected chi connectivity index (χ0v) is 14.1. The van der Waals surface area contributed by atoms with Crippen LogP contribution in [0.5, 0.6) is 0 Å². The zero-order valence-electron chi connectivity index (χ0n) is 13.2.